The molecule has 1 aromatic heterocycles. The van der Waals surface area contributed by atoms with E-state index in [0.717, 1.165) is 11.1 Å². The predicted octanol–water partition coefficient (Wildman–Crippen LogP) is 6.87. The first-order chi connectivity index (χ1) is 14.3. The predicted molar refractivity (Wildman–Crippen MR) is 116 cm³/mol. The highest BCUT2D eigenvalue weighted by atomic mass is 35.5. The molecule has 6 heteroatoms. The number of nitrogens with zero attached hydrogens (tertiary/aromatic N) is 2. The van der Waals surface area contributed by atoms with Crippen molar-refractivity contribution in [2.45, 2.75) is 26.2 Å². The molecule has 0 radical (unpaired) electrons. The second-order valence-corrected chi connectivity index (χ2v) is 8.46. The van der Waals surface area contributed by atoms with Gasteiger partial charge in [-0.05, 0) is 40.8 Å². The van der Waals surface area contributed by atoms with Crippen LogP contribution in [0.1, 0.15) is 26.3 Å². The van der Waals surface area contributed by atoms with E-state index < -0.39 is 5.82 Å². The van der Waals surface area contributed by atoms with E-state index in [9.17, 15) is 9.50 Å². The van der Waals surface area contributed by atoms with Crippen LogP contribution in [0.4, 0.5) is 4.39 Å². The number of hydrogen-bond donors (Lipinski definition) is 1. The average Bonchev–Trinajstić information content (AvgIpc) is 3.17. The van der Waals surface area contributed by atoms with Crippen molar-refractivity contribution in [2.75, 3.05) is 0 Å². The highest BCUT2D eigenvalue weighted by Gasteiger charge is 2.24. The van der Waals surface area contributed by atoms with E-state index in [4.69, 9.17) is 16.1 Å². The van der Waals surface area contributed by atoms with Crippen LogP contribution in [0.15, 0.2) is 65.2 Å². The number of rotatable bonds is 3. The summed E-state index contributed by atoms with van der Waals surface area (Å²) in [4.78, 5) is 4.33. The van der Waals surface area contributed by atoms with Gasteiger partial charge in [0.1, 0.15) is 11.6 Å². The van der Waals surface area contributed by atoms with Gasteiger partial charge in [-0.2, -0.15) is 4.98 Å². The molecule has 0 aliphatic heterocycles. The molecule has 0 fully saturated rings. The number of benzene rings is 3. The molecule has 0 aliphatic carbocycles. The summed E-state index contributed by atoms with van der Waals surface area (Å²) in [7, 11) is 0. The van der Waals surface area contributed by atoms with Crippen molar-refractivity contribution < 1.29 is 14.0 Å². The number of halogens is 2. The first-order valence-electron chi connectivity index (χ1n) is 9.47. The molecule has 0 unspecified atom stereocenters. The van der Waals surface area contributed by atoms with Gasteiger partial charge in [-0.3, -0.25) is 0 Å². The zero-order valence-electron chi connectivity index (χ0n) is 16.8. The molecule has 0 bridgehead atoms. The molecule has 0 saturated carbocycles. The second-order valence-electron chi connectivity index (χ2n) is 8.06. The van der Waals surface area contributed by atoms with Crippen molar-refractivity contribution in [1.82, 2.24) is 10.1 Å². The third kappa shape index (κ3) is 3.68. The van der Waals surface area contributed by atoms with Gasteiger partial charge in [0.05, 0.1) is 16.1 Å². The number of phenolic OH excluding ortho intramolecular Hbond substituents is 1. The minimum absolute atomic E-state index is 0.0289. The van der Waals surface area contributed by atoms with Gasteiger partial charge in [0.25, 0.3) is 5.89 Å². The average molecular weight is 423 g/mol. The van der Waals surface area contributed by atoms with Crippen LogP contribution in [0.2, 0.25) is 5.02 Å². The lowest BCUT2D eigenvalue weighted by molar-refractivity contribution is 0.428. The van der Waals surface area contributed by atoms with Gasteiger partial charge in [-0.15, -0.1) is 0 Å². The van der Waals surface area contributed by atoms with Gasteiger partial charge in [-0.25, -0.2) is 4.39 Å². The highest BCUT2D eigenvalue weighted by molar-refractivity contribution is 6.33. The molecule has 0 aliphatic rings. The first-order valence-corrected chi connectivity index (χ1v) is 9.85. The van der Waals surface area contributed by atoms with Crippen LogP contribution in [-0.2, 0) is 5.41 Å². The Morgan fingerprint density at radius 3 is 2.33 bits per heavy atom. The maximum Gasteiger partial charge on any atom is 0.262 e. The van der Waals surface area contributed by atoms with Crippen LogP contribution in [-0.4, -0.2) is 15.2 Å². The van der Waals surface area contributed by atoms with Crippen molar-refractivity contribution in [3.05, 3.63) is 77.1 Å². The summed E-state index contributed by atoms with van der Waals surface area (Å²) in [6.07, 6.45) is 0. The molecule has 1 heterocycles. The maximum absolute atomic E-state index is 14.3. The fourth-order valence-corrected chi connectivity index (χ4v) is 3.46. The molecule has 0 spiro atoms. The molecule has 4 rings (SSSR count). The Hall–Kier alpha value is -3.18. The van der Waals surface area contributed by atoms with Crippen LogP contribution in [0, 0.1) is 5.82 Å². The first kappa shape index (κ1) is 20.1. The van der Waals surface area contributed by atoms with Gasteiger partial charge >= 0.3 is 0 Å². The van der Waals surface area contributed by atoms with Crippen LogP contribution in [0.25, 0.3) is 34.0 Å². The van der Waals surface area contributed by atoms with E-state index in [-0.39, 0.29) is 33.5 Å². The lowest BCUT2D eigenvalue weighted by Crippen LogP contribution is -2.11. The van der Waals surface area contributed by atoms with E-state index in [0.29, 0.717) is 11.1 Å². The van der Waals surface area contributed by atoms with E-state index in [1.807, 2.05) is 42.5 Å². The third-order valence-electron chi connectivity index (χ3n) is 4.90. The number of aromatic hydroxyl groups is 1. The Balaban J connectivity index is 1.90. The zero-order valence-corrected chi connectivity index (χ0v) is 17.5. The summed E-state index contributed by atoms with van der Waals surface area (Å²) in [5, 5.41) is 15.2. The second kappa shape index (κ2) is 7.58. The monoisotopic (exact) mass is 422 g/mol. The van der Waals surface area contributed by atoms with E-state index in [2.05, 4.69) is 30.9 Å². The highest BCUT2D eigenvalue weighted by Crippen LogP contribution is 2.41. The molecule has 0 amide bonds. The summed E-state index contributed by atoms with van der Waals surface area (Å²) in [5.41, 5.74) is 2.77. The molecular weight excluding hydrogens is 403 g/mol. The number of hydrogen-bond acceptors (Lipinski definition) is 4. The van der Waals surface area contributed by atoms with Gasteiger partial charge in [0, 0.05) is 5.56 Å². The summed E-state index contributed by atoms with van der Waals surface area (Å²) in [6, 6.07) is 17.7. The smallest absolute Gasteiger partial charge is 0.262 e. The largest absolute Gasteiger partial charge is 0.507 e. The van der Waals surface area contributed by atoms with E-state index >= 15 is 0 Å². The number of phenols is 1. The molecule has 4 aromatic rings. The lowest BCUT2D eigenvalue weighted by Gasteiger charge is -2.22. The van der Waals surface area contributed by atoms with Gasteiger partial charge < -0.3 is 9.63 Å². The molecule has 4 nitrogen and oxygen atoms in total. The van der Waals surface area contributed by atoms with Gasteiger partial charge in [0.15, 0.2) is 0 Å². The standard InChI is InChI=1S/C24H20ClFN2O2/c1-24(2,3)15-12-16(14-8-5-4-6-9-14)21(29)17(13-15)22-27-23(30-28-22)20-18(25)10-7-11-19(20)26/h4-13,29H,1-3H3. The van der Waals surface area contributed by atoms with Crippen molar-refractivity contribution in [3.8, 4) is 39.7 Å². The third-order valence-corrected chi connectivity index (χ3v) is 5.22. The summed E-state index contributed by atoms with van der Waals surface area (Å²) < 4.78 is 19.6. The fraction of sp³-hybridized carbons (Fsp3) is 0.167. The molecule has 152 valence electrons. The Kier molecular flexibility index (Phi) is 5.08. The summed E-state index contributed by atoms with van der Waals surface area (Å²) in [5.74, 6) is -0.420. The fourth-order valence-electron chi connectivity index (χ4n) is 3.21. The SMILES string of the molecule is CC(C)(C)c1cc(-c2ccccc2)c(O)c(-c2noc(-c3c(F)cccc3Cl)n2)c1. The van der Waals surface area contributed by atoms with Gasteiger partial charge in [-0.1, -0.05) is 73.9 Å². The topological polar surface area (TPSA) is 59.2 Å². The Morgan fingerprint density at radius 1 is 0.967 bits per heavy atom. The maximum atomic E-state index is 14.3. The molecule has 3 aromatic carbocycles. The van der Waals surface area contributed by atoms with Crippen LogP contribution >= 0.6 is 11.6 Å². The Bertz CT molecular complexity index is 1190. The minimum atomic E-state index is -0.560. The summed E-state index contributed by atoms with van der Waals surface area (Å²) >= 11 is 6.12. The summed E-state index contributed by atoms with van der Waals surface area (Å²) in [6.45, 7) is 6.25. The Labute approximate surface area is 179 Å². The Morgan fingerprint density at radius 2 is 1.67 bits per heavy atom. The molecular formula is C24H20ClFN2O2. The van der Waals surface area contributed by atoms with Crippen molar-refractivity contribution in [1.29, 1.82) is 0 Å². The quantitative estimate of drug-likeness (QED) is 0.391. The van der Waals surface area contributed by atoms with Crippen LogP contribution in [0.5, 0.6) is 5.75 Å². The van der Waals surface area contributed by atoms with Crippen molar-refractivity contribution >= 4 is 11.6 Å². The van der Waals surface area contributed by atoms with E-state index in [1.165, 1.54) is 12.1 Å². The van der Waals surface area contributed by atoms with Crippen LogP contribution < -0.4 is 0 Å². The lowest BCUT2D eigenvalue weighted by atomic mass is 9.83. The normalized spacial score (nSPS) is 11.6. The zero-order chi connectivity index (χ0) is 21.5. The van der Waals surface area contributed by atoms with Gasteiger partial charge in [0.2, 0.25) is 5.82 Å². The number of aromatic nitrogens is 2. The van der Waals surface area contributed by atoms with Crippen LogP contribution in [0.3, 0.4) is 0 Å². The van der Waals surface area contributed by atoms with E-state index in [1.54, 1.807) is 6.07 Å². The molecule has 30 heavy (non-hydrogen) atoms. The van der Waals surface area contributed by atoms with Crippen molar-refractivity contribution in [2.24, 2.45) is 0 Å². The van der Waals surface area contributed by atoms with Crippen molar-refractivity contribution in [3.63, 3.8) is 0 Å². The molecule has 0 atom stereocenters. The molecule has 0 saturated heterocycles. The molecule has 1 N–H and O–H groups in total. The minimum Gasteiger partial charge on any atom is -0.507 e.